The number of ether oxygens (including phenoxy) is 1. The first-order valence-electron chi connectivity index (χ1n) is 6.20. The van der Waals surface area contributed by atoms with E-state index in [0.717, 1.165) is 0 Å². The maximum Gasteiger partial charge on any atom is 0.410 e. The first-order valence-corrected chi connectivity index (χ1v) is 6.20. The summed E-state index contributed by atoms with van der Waals surface area (Å²) in [6.07, 6.45) is -0.155. The van der Waals surface area contributed by atoms with Crippen molar-refractivity contribution >= 4 is 6.09 Å². The summed E-state index contributed by atoms with van der Waals surface area (Å²) in [5.74, 6) is 0. The number of amides is 1. The average molecular weight is 243 g/mol. The van der Waals surface area contributed by atoms with Crippen LogP contribution >= 0.6 is 0 Å². The van der Waals surface area contributed by atoms with Crippen LogP contribution in [0.1, 0.15) is 48.0 Å². The van der Waals surface area contributed by atoms with Gasteiger partial charge in [0.1, 0.15) is 5.60 Å². The third-order valence-electron chi connectivity index (χ3n) is 2.88. The van der Waals surface area contributed by atoms with Crippen LogP contribution in [0.4, 0.5) is 4.79 Å². The van der Waals surface area contributed by atoms with Gasteiger partial charge in [0.15, 0.2) is 0 Å². The van der Waals surface area contributed by atoms with Crippen molar-refractivity contribution in [3.8, 4) is 0 Å². The highest BCUT2D eigenvalue weighted by Gasteiger charge is 2.44. The monoisotopic (exact) mass is 243 g/mol. The normalized spacial score (nSPS) is 26.2. The molecule has 1 amide bonds. The minimum atomic E-state index is -0.493. The van der Waals surface area contributed by atoms with E-state index in [4.69, 9.17) is 4.74 Å². The molecule has 0 aromatic rings. The Morgan fingerprint density at radius 3 is 2.18 bits per heavy atom. The van der Waals surface area contributed by atoms with Crippen LogP contribution in [-0.2, 0) is 4.74 Å². The van der Waals surface area contributed by atoms with E-state index >= 15 is 0 Å². The molecule has 17 heavy (non-hydrogen) atoms. The van der Waals surface area contributed by atoms with Crippen molar-refractivity contribution in [2.24, 2.45) is 5.41 Å². The lowest BCUT2D eigenvalue weighted by atomic mass is 9.84. The largest absolute Gasteiger partial charge is 0.444 e. The fourth-order valence-corrected chi connectivity index (χ4v) is 2.35. The maximum atomic E-state index is 12.1. The van der Waals surface area contributed by atoms with E-state index in [2.05, 4.69) is 0 Å². The van der Waals surface area contributed by atoms with Crippen LogP contribution in [0.15, 0.2) is 0 Å². The second-order valence-corrected chi connectivity index (χ2v) is 6.84. The van der Waals surface area contributed by atoms with Gasteiger partial charge in [0.2, 0.25) is 0 Å². The zero-order valence-electron chi connectivity index (χ0n) is 11.8. The predicted molar refractivity (Wildman–Crippen MR) is 66.8 cm³/mol. The fourth-order valence-electron chi connectivity index (χ4n) is 2.35. The molecule has 2 atom stereocenters. The summed E-state index contributed by atoms with van der Waals surface area (Å²) in [6, 6.07) is -0.169. The molecule has 0 aromatic heterocycles. The van der Waals surface area contributed by atoms with Gasteiger partial charge >= 0.3 is 6.09 Å². The minimum absolute atomic E-state index is 0.146. The highest BCUT2D eigenvalue weighted by Crippen LogP contribution is 2.33. The topological polar surface area (TPSA) is 49.8 Å². The second kappa shape index (κ2) is 4.48. The van der Waals surface area contributed by atoms with Crippen molar-refractivity contribution < 1.29 is 14.6 Å². The number of nitrogens with zero attached hydrogens (tertiary/aromatic N) is 1. The van der Waals surface area contributed by atoms with Crippen molar-refractivity contribution in [2.75, 3.05) is 6.54 Å². The van der Waals surface area contributed by atoms with E-state index in [0.29, 0.717) is 13.0 Å². The Hall–Kier alpha value is -0.770. The van der Waals surface area contributed by atoms with Crippen LogP contribution in [-0.4, -0.2) is 40.4 Å². The molecule has 0 radical (unpaired) electrons. The van der Waals surface area contributed by atoms with Crippen molar-refractivity contribution in [1.82, 2.24) is 4.90 Å². The molecule has 1 rings (SSSR count). The lowest BCUT2D eigenvalue weighted by Crippen LogP contribution is -2.49. The summed E-state index contributed by atoms with van der Waals surface area (Å²) in [7, 11) is 0. The van der Waals surface area contributed by atoms with E-state index in [9.17, 15) is 9.90 Å². The summed E-state index contributed by atoms with van der Waals surface area (Å²) in [6.45, 7) is 12.2. The number of aliphatic hydroxyl groups excluding tert-OH is 1. The van der Waals surface area contributed by atoms with E-state index in [-0.39, 0.29) is 17.6 Å². The molecule has 1 saturated heterocycles. The molecule has 1 heterocycles. The molecule has 0 bridgehead atoms. The van der Waals surface area contributed by atoms with Crippen LogP contribution in [0.5, 0.6) is 0 Å². The summed E-state index contributed by atoms with van der Waals surface area (Å²) in [5.41, 5.74) is -0.639. The van der Waals surface area contributed by atoms with Gasteiger partial charge in [-0.25, -0.2) is 4.79 Å². The SMILES string of the molecule is CC(C)(C)OC(=O)N1CCC(O)[C@@H]1C(C)(C)C. The number of aliphatic hydroxyl groups is 1. The number of hydrogen-bond donors (Lipinski definition) is 1. The molecule has 1 fully saturated rings. The molecule has 1 aliphatic rings. The summed E-state index contributed by atoms with van der Waals surface area (Å²) < 4.78 is 5.37. The third-order valence-corrected chi connectivity index (χ3v) is 2.88. The van der Waals surface area contributed by atoms with Gasteiger partial charge in [-0.15, -0.1) is 0 Å². The van der Waals surface area contributed by atoms with Gasteiger partial charge in [0.05, 0.1) is 12.1 Å². The Balaban J connectivity index is 2.80. The average Bonchev–Trinajstić information content (AvgIpc) is 2.42. The van der Waals surface area contributed by atoms with E-state index in [1.807, 2.05) is 41.5 Å². The summed E-state index contributed by atoms with van der Waals surface area (Å²) in [4.78, 5) is 13.7. The zero-order valence-corrected chi connectivity index (χ0v) is 11.8. The van der Waals surface area contributed by atoms with Gasteiger partial charge in [-0.1, -0.05) is 20.8 Å². The molecule has 0 aromatic carbocycles. The number of carbonyl (C=O) groups is 1. The fraction of sp³-hybridized carbons (Fsp3) is 0.923. The first-order chi connectivity index (χ1) is 7.52. The summed E-state index contributed by atoms with van der Waals surface area (Å²) in [5, 5.41) is 9.99. The van der Waals surface area contributed by atoms with Crippen LogP contribution < -0.4 is 0 Å². The summed E-state index contributed by atoms with van der Waals surface area (Å²) >= 11 is 0. The number of rotatable bonds is 0. The molecular weight excluding hydrogens is 218 g/mol. The molecular formula is C13H25NO3. The van der Waals surface area contributed by atoms with Gasteiger partial charge in [-0.2, -0.15) is 0 Å². The van der Waals surface area contributed by atoms with Crippen LogP contribution in [0.3, 0.4) is 0 Å². The van der Waals surface area contributed by atoms with E-state index in [1.54, 1.807) is 4.90 Å². The maximum absolute atomic E-state index is 12.1. The lowest BCUT2D eigenvalue weighted by Gasteiger charge is -2.37. The Morgan fingerprint density at radius 2 is 1.76 bits per heavy atom. The Kier molecular flexibility index (Phi) is 3.77. The standard InChI is InChI=1S/C13H25NO3/c1-12(2,3)10-9(15)7-8-14(10)11(16)17-13(4,5)6/h9-10,15H,7-8H2,1-6H3/t9?,10-/m1/s1. The molecule has 0 spiro atoms. The Morgan fingerprint density at radius 1 is 1.24 bits per heavy atom. The molecule has 0 aliphatic carbocycles. The number of likely N-dealkylation sites (tertiary alicyclic amines) is 1. The van der Waals surface area contributed by atoms with Crippen molar-refractivity contribution in [3.63, 3.8) is 0 Å². The van der Waals surface area contributed by atoms with Gasteiger partial charge in [-0.3, -0.25) is 0 Å². The predicted octanol–water partition coefficient (Wildman–Crippen LogP) is 2.40. The quantitative estimate of drug-likeness (QED) is 0.710. The lowest BCUT2D eigenvalue weighted by molar-refractivity contribution is -0.00381. The second-order valence-electron chi connectivity index (χ2n) is 6.84. The minimum Gasteiger partial charge on any atom is -0.444 e. The van der Waals surface area contributed by atoms with Crippen LogP contribution in [0.25, 0.3) is 0 Å². The molecule has 4 heteroatoms. The van der Waals surface area contributed by atoms with Crippen molar-refractivity contribution in [2.45, 2.75) is 65.7 Å². The molecule has 1 N–H and O–H groups in total. The van der Waals surface area contributed by atoms with Crippen molar-refractivity contribution in [3.05, 3.63) is 0 Å². The molecule has 4 nitrogen and oxygen atoms in total. The Labute approximate surface area is 104 Å². The molecule has 1 aliphatic heterocycles. The van der Waals surface area contributed by atoms with E-state index in [1.165, 1.54) is 0 Å². The third kappa shape index (κ3) is 3.60. The highest BCUT2D eigenvalue weighted by atomic mass is 16.6. The number of carbonyl (C=O) groups excluding carboxylic acids is 1. The van der Waals surface area contributed by atoms with Gasteiger partial charge in [-0.05, 0) is 32.6 Å². The highest BCUT2D eigenvalue weighted by molar-refractivity contribution is 5.69. The van der Waals surface area contributed by atoms with Gasteiger partial charge in [0.25, 0.3) is 0 Å². The van der Waals surface area contributed by atoms with E-state index < -0.39 is 11.7 Å². The van der Waals surface area contributed by atoms with Gasteiger partial charge in [0, 0.05) is 6.54 Å². The van der Waals surface area contributed by atoms with Crippen LogP contribution in [0, 0.1) is 5.41 Å². The molecule has 0 saturated carbocycles. The van der Waals surface area contributed by atoms with Crippen LogP contribution in [0.2, 0.25) is 0 Å². The number of hydrogen-bond acceptors (Lipinski definition) is 3. The van der Waals surface area contributed by atoms with Crippen molar-refractivity contribution in [1.29, 1.82) is 0 Å². The smallest absolute Gasteiger partial charge is 0.410 e. The Bertz CT molecular complexity index is 288. The molecule has 1 unspecified atom stereocenters. The zero-order chi connectivity index (χ0) is 13.4. The first kappa shape index (κ1) is 14.3. The molecule has 100 valence electrons. The van der Waals surface area contributed by atoms with Gasteiger partial charge < -0.3 is 14.7 Å².